The minimum absolute atomic E-state index is 0. The number of benzene rings is 4. The van der Waals surface area contributed by atoms with Crippen LogP contribution in [0.5, 0.6) is 0 Å². The molecule has 3 unspecified atom stereocenters. The van der Waals surface area contributed by atoms with Crippen molar-refractivity contribution in [3.05, 3.63) is 119 Å². The Kier molecular flexibility index (Phi) is 13.5. The van der Waals surface area contributed by atoms with Crippen LogP contribution in [0, 0.1) is 24.7 Å². The van der Waals surface area contributed by atoms with Gasteiger partial charge in [0.25, 0.3) is 20.0 Å². The van der Waals surface area contributed by atoms with E-state index in [1.807, 2.05) is 80.6 Å². The first-order chi connectivity index (χ1) is 25.4. The van der Waals surface area contributed by atoms with Crippen molar-refractivity contribution in [2.24, 2.45) is 21.7 Å². The maximum absolute atomic E-state index is 13.4. The zero-order valence-corrected chi connectivity index (χ0v) is 33.2. The average molecular weight is 793 g/mol. The SMILES string of the molecule is Cc1ccc(S(=O)(=O)N2CCC3(CCCC3=NO)Cc3ccccc32)cc1.Cc1ccc(S(=O)(=O)N2CCC3(CCCC3N)Cc3ccccc32)cc1.[AlH3].[H-].[Li+]. The molecule has 3 atom stereocenters. The van der Waals surface area contributed by atoms with Crippen LogP contribution in [0.4, 0.5) is 11.4 Å². The van der Waals surface area contributed by atoms with E-state index in [9.17, 15) is 22.0 Å². The molecule has 8 rings (SSSR count). The predicted octanol–water partition coefficient (Wildman–Crippen LogP) is 3.70. The molecule has 2 heterocycles. The normalized spacial score (nSPS) is 24.1. The van der Waals surface area contributed by atoms with E-state index >= 15 is 0 Å². The molecule has 3 N–H and O–H groups in total. The second kappa shape index (κ2) is 17.2. The smallest absolute Gasteiger partial charge is 1.00 e. The Bertz CT molecular complexity index is 2230. The standard InChI is InChI=1S/C21H24N2O3S.C21H26N2O2S.Al.Li.4H/c1-16-8-10-18(11-9-16)27(25,26)23-14-13-21(12-4-7-20(21)22-24)15-17-5-2-3-6-19(17)23;1-16-8-10-18(11-9-16)26(24,25)23-14-13-21(12-4-7-20(21)22)15-17-5-2-3-6-19(17)23;;;;;;/h2-3,5-6,8-11,24H,4,7,12-15H2,1H3;2-3,5-6,8-11,20H,4,7,12-15,22H2,1H3;;;;;;/q;;;+1;;;;-1. The van der Waals surface area contributed by atoms with E-state index in [1.165, 1.54) is 4.31 Å². The molecule has 0 amide bonds. The van der Waals surface area contributed by atoms with E-state index in [1.54, 1.807) is 28.6 Å². The van der Waals surface area contributed by atoms with Crippen molar-refractivity contribution in [2.45, 2.75) is 93.9 Å². The van der Waals surface area contributed by atoms with Crippen LogP contribution in [0.25, 0.3) is 0 Å². The number of nitrogens with zero attached hydrogens (tertiary/aromatic N) is 3. The molecule has 55 heavy (non-hydrogen) atoms. The first-order valence-electron chi connectivity index (χ1n) is 18.7. The van der Waals surface area contributed by atoms with Gasteiger partial charge in [0, 0.05) is 24.5 Å². The Morgan fingerprint density at radius 3 is 1.67 bits per heavy atom. The fraction of sp³-hybridized carbons (Fsp3) is 0.405. The van der Waals surface area contributed by atoms with E-state index in [0.29, 0.717) is 35.7 Å². The van der Waals surface area contributed by atoms with Crippen molar-refractivity contribution in [3.8, 4) is 0 Å². The summed E-state index contributed by atoms with van der Waals surface area (Å²) in [6, 6.07) is 29.9. The second-order valence-electron chi connectivity index (χ2n) is 15.4. The Morgan fingerprint density at radius 1 is 0.691 bits per heavy atom. The van der Waals surface area contributed by atoms with Gasteiger partial charge in [-0.05, 0) is 125 Å². The molecule has 4 aromatic rings. The first kappa shape index (κ1) is 43.1. The van der Waals surface area contributed by atoms with Crippen molar-refractivity contribution in [3.63, 3.8) is 0 Å². The molecule has 0 aromatic heterocycles. The quantitative estimate of drug-likeness (QED) is 0.184. The summed E-state index contributed by atoms with van der Waals surface area (Å²) in [5, 5.41) is 13.1. The van der Waals surface area contributed by atoms with Gasteiger partial charge < -0.3 is 12.4 Å². The Labute approximate surface area is 351 Å². The zero-order chi connectivity index (χ0) is 37.4. The Hall–Kier alpha value is -3.06. The predicted molar refractivity (Wildman–Crippen MR) is 222 cm³/mol. The summed E-state index contributed by atoms with van der Waals surface area (Å²) in [6.07, 6.45) is 8.99. The molecular weight excluding hydrogens is 739 g/mol. The van der Waals surface area contributed by atoms with Crippen molar-refractivity contribution in [1.82, 2.24) is 0 Å². The Balaban J connectivity index is 0.000000236. The summed E-state index contributed by atoms with van der Waals surface area (Å²) in [4.78, 5) is 0.658. The van der Waals surface area contributed by atoms with Crippen molar-refractivity contribution >= 4 is 54.5 Å². The molecule has 0 saturated heterocycles. The molecule has 288 valence electrons. The fourth-order valence-corrected chi connectivity index (χ4v) is 12.1. The van der Waals surface area contributed by atoms with Gasteiger partial charge in [-0.3, -0.25) is 8.61 Å². The molecule has 13 heteroatoms. The third-order valence-electron chi connectivity index (χ3n) is 12.2. The molecule has 2 saturated carbocycles. The van der Waals surface area contributed by atoms with Gasteiger partial charge >= 0.3 is 18.9 Å². The molecule has 2 fully saturated rings. The fourth-order valence-electron chi connectivity index (χ4n) is 9.10. The number of sulfonamides is 2. The number of fused-ring (bicyclic) bond motifs is 2. The van der Waals surface area contributed by atoms with Crippen LogP contribution in [0.15, 0.2) is 112 Å². The summed E-state index contributed by atoms with van der Waals surface area (Å²) in [5.74, 6) is 0. The number of rotatable bonds is 4. The molecule has 0 radical (unpaired) electrons. The monoisotopic (exact) mass is 792 g/mol. The summed E-state index contributed by atoms with van der Waals surface area (Å²) in [5.41, 5.74) is 12.8. The molecule has 2 aliphatic carbocycles. The molecule has 4 aliphatic rings. The largest absolute Gasteiger partial charge is 1.00 e. The number of hydrogen-bond acceptors (Lipinski definition) is 7. The van der Waals surface area contributed by atoms with Gasteiger partial charge in [-0.1, -0.05) is 83.4 Å². The van der Waals surface area contributed by atoms with Crippen LogP contribution < -0.4 is 33.2 Å². The van der Waals surface area contributed by atoms with Crippen LogP contribution in [0.2, 0.25) is 0 Å². The van der Waals surface area contributed by atoms with E-state index in [0.717, 1.165) is 90.7 Å². The number of hydrogen-bond donors (Lipinski definition) is 2. The maximum atomic E-state index is 13.4. The Morgan fingerprint density at radius 2 is 1.18 bits per heavy atom. The first-order valence-corrected chi connectivity index (χ1v) is 21.6. The van der Waals surface area contributed by atoms with E-state index in [4.69, 9.17) is 5.73 Å². The second-order valence-corrected chi connectivity index (χ2v) is 19.2. The van der Waals surface area contributed by atoms with Gasteiger partial charge in [0.1, 0.15) is 0 Å². The zero-order valence-electron chi connectivity index (χ0n) is 32.6. The summed E-state index contributed by atoms with van der Waals surface area (Å²) >= 11 is 0. The minimum Gasteiger partial charge on any atom is -1.00 e. The molecule has 0 bridgehead atoms. The molecule has 9 nitrogen and oxygen atoms in total. The summed E-state index contributed by atoms with van der Waals surface area (Å²) < 4.78 is 56.8. The third-order valence-corrected chi connectivity index (χ3v) is 15.8. The van der Waals surface area contributed by atoms with Crippen molar-refractivity contribution in [2.75, 3.05) is 21.7 Å². The van der Waals surface area contributed by atoms with Gasteiger partial charge in [-0.2, -0.15) is 0 Å². The number of anilines is 2. The molecule has 2 spiro atoms. The van der Waals surface area contributed by atoms with E-state index < -0.39 is 20.0 Å². The minimum atomic E-state index is -3.65. The van der Waals surface area contributed by atoms with Gasteiger partial charge in [0.15, 0.2) is 17.4 Å². The molecule has 4 aromatic carbocycles. The molecular formula is C42H54AlLiN4O5S2. The van der Waals surface area contributed by atoms with Crippen LogP contribution in [-0.4, -0.2) is 64.2 Å². The van der Waals surface area contributed by atoms with Crippen LogP contribution in [0.1, 0.15) is 75.0 Å². The summed E-state index contributed by atoms with van der Waals surface area (Å²) in [6.45, 7) is 4.77. The van der Waals surface area contributed by atoms with E-state index in [2.05, 4.69) is 11.2 Å². The maximum Gasteiger partial charge on any atom is 1.00 e. The van der Waals surface area contributed by atoms with Crippen molar-refractivity contribution in [1.29, 1.82) is 0 Å². The third kappa shape index (κ3) is 8.34. The summed E-state index contributed by atoms with van der Waals surface area (Å²) in [7, 11) is -7.24. The number of para-hydroxylation sites is 2. The number of nitrogens with two attached hydrogens (primary N) is 1. The van der Waals surface area contributed by atoms with E-state index in [-0.39, 0.29) is 54.5 Å². The topological polar surface area (TPSA) is 133 Å². The van der Waals surface area contributed by atoms with Gasteiger partial charge in [-0.25, -0.2) is 16.8 Å². The van der Waals surface area contributed by atoms with Crippen LogP contribution in [0.3, 0.4) is 0 Å². The number of aryl methyl sites for hydroxylation is 2. The number of oxime groups is 1. The van der Waals surface area contributed by atoms with Crippen molar-refractivity contribution < 1.29 is 42.3 Å². The van der Waals surface area contributed by atoms with Gasteiger partial charge in [0.05, 0.1) is 26.9 Å². The van der Waals surface area contributed by atoms with Gasteiger partial charge in [0.2, 0.25) is 0 Å². The molecule has 2 aliphatic heterocycles. The van der Waals surface area contributed by atoms with Crippen LogP contribution >= 0.6 is 0 Å². The van der Waals surface area contributed by atoms with Crippen LogP contribution in [-0.2, 0) is 32.9 Å². The van der Waals surface area contributed by atoms with Gasteiger partial charge in [-0.15, -0.1) is 0 Å². The average Bonchev–Trinajstić information content (AvgIpc) is 3.59.